The van der Waals surface area contributed by atoms with Crippen molar-refractivity contribution in [3.8, 4) is 0 Å². The molecule has 1 heterocycles. The second-order valence-corrected chi connectivity index (χ2v) is 5.13. The molecule has 1 unspecified atom stereocenters. The zero-order valence-corrected chi connectivity index (χ0v) is 12.5. The number of halogens is 1. The van der Waals surface area contributed by atoms with E-state index in [1.165, 1.54) is 4.68 Å². The number of carbonyl (C=O) groups is 1. The van der Waals surface area contributed by atoms with Crippen LogP contribution in [0, 0.1) is 0 Å². The predicted octanol–water partition coefficient (Wildman–Crippen LogP) is 1.66. The lowest BCUT2D eigenvalue weighted by Gasteiger charge is -2.06. The summed E-state index contributed by atoms with van der Waals surface area (Å²) in [6, 6.07) is 7.24. The number of nitrogens with one attached hydrogen (secondary N) is 1. The number of rotatable bonds is 6. The van der Waals surface area contributed by atoms with Crippen LogP contribution in [-0.2, 0) is 17.9 Å². The monoisotopic (exact) mass is 307 g/mol. The first-order chi connectivity index (χ1) is 10.1. The molecule has 21 heavy (non-hydrogen) atoms. The van der Waals surface area contributed by atoms with Crippen LogP contribution in [0.3, 0.4) is 0 Å². The van der Waals surface area contributed by atoms with Crippen LogP contribution in [0.1, 0.15) is 30.6 Å². The first-order valence-electron chi connectivity index (χ1n) is 6.76. The Bertz CT molecular complexity index is 613. The molecule has 0 aliphatic rings. The van der Waals surface area contributed by atoms with Gasteiger partial charge in [-0.05, 0) is 18.1 Å². The number of hydrogen-bond acceptors (Lipinski definition) is 4. The first kappa shape index (κ1) is 15.5. The van der Waals surface area contributed by atoms with E-state index in [9.17, 15) is 4.79 Å². The summed E-state index contributed by atoms with van der Waals surface area (Å²) in [6.07, 6.45) is 2.47. The number of benzene rings is 1. The Balaban J connectivity index is 1.87. The highest BCUT2D eigenvalue weighted by Crippen LogP contribution is 2.14. The SMILES string of the molecule is CCC(N)c1cn(CC(=O)NCc2ccccc2Cl)nn1. The highest BCUT2D eigenvalue weighted by molar-refractivity contribution is 6.31. The van der Waals surface area contributed by atoms with Crippen molar-refractivity contribution < 1.29 is 4.79 Å². The van der Waals surface area contributed by atoms with Crippen LogP contribution < -0.4 is 11.1 Å². The molecule has 1 atom stereocenters. The lowest BCUT2D eigenvalue weighted by atomic mass is 10.2. The summed E-state index contributed by atoms with van der Waals surface area (Å²) in [6.45, 7) is 2.46. The number of amides is 1. The van der Waals surface area contributed by atoms with E-state index in [4.69, 9.17) is 17.3 Å². The van der Waals surface area contributed by atoms with E-state index in [0.29, 0.717) is 17.3 Å². The molecule has 0 spiro atoms. The van der Waals surface area contributed by atoms with E-state index in [2.05, 4.69) is 15.6 Å². The summed E-state index contributed by atoms with van der Waals surface area (Å²) in [5.41, 5.74) is 7.42. The molecule has 3 N–H and O–H groups in total. The molecule has 112 valence electrons. The zero-order valence-electron chi connectivity index (χ0n) is 11.8. The highest BCUT2D eigenvalue weighted by atomic mass is 35.5. The van der Waals surface area contributed by atoms with Crippen molar-refractivity contribution in [2.24, 2.45) is 5.73 Å². The van der Waals surface area contributed by atoms with Crippen molar-refractivity contribution in [2.75, 3.05) is 0 Å². The number of nitrogens with two attached hydrogens (primary N) is 1. The molecule has 0 saturated carbocycles. The van der Waals surface area contributed by atoms with Gasteiger partial charge in [0, 0.05) is 11.6 Å². The molecule has 0 aliphatic heterocycles. The van der Waals surface area contributed by atoms with E-state index in [1.54, 1.807) is 12.3 Å². The fourth-order valence-electron chi connectivity index (χ4n) is 1.81. The van der Waals surface area contributed by atoms with Gasteiger partial charge in [0.1, 0.15) is 6.54 Å². The molecule has 2 rings (SSSR count). The maximum atomic E-state index is 11.9. The quantitative estimate of drug-likeness (QED) is 0.850. The van der Waals surface area contributed by atoms with Gasteiger partial charge in [-0.25, -0.2) is 4.68 Å². The van der Waals surface area contributed by atoms with Gasteiger partial charge in [0.25, 0.3) is 0 Å². The second kappa shape index (κ2) is 7.19. The Hall–Kier alpha value is -1.92. The number of aromatic nitrogens is 3. The lowest BCUT2D eigenvalue weighted by Crippen LogP contribution is -2.27. The molecule has 0 fully saturated rings. The molecule has 0 radical (unpaired) electrons. The summed E-state index contributed by atoms with van der Waals surface area (Å²) < 4.78 is 1.48. The Morgan fingerprint density at radius 3 is 2.95 bits per heavy atom. The number of carbonyl (C=O) groups excluding carboxylic acids is 1. The molecule has 7 heteroatoms. The van der Waals surface area contributed by atoms with E-state index in [0.717, 1.165) is 12.0 Å². The molecule has 1 aromatic heterocycles. The van der Waals surface area contributed by atoms with Crippen molar-refractivity contribution in [1.29, 1.82) is 0 Å². The average molecular weight is 308 g/mol. The Labute approximate surface area is 128 Å². The van der Waals surface area contributed by atoms with E-state index in [-0.39, 0.29) is 18.5 Å². The van der Waals surface area contributed by atoms with Crippen LogP contribution in [0.2, 0.25) is 5.02 Å². The van der Waals surface area contributed by atoms with Crippen molar-refractivity contribution in [2.45, 2.75) is 32.5 Å². The van der Waals surface area contributed by atoms with Crippen LogP contribution in [0.4, 0.5) is 0 Å². The molecule has 0 saturated heterocycles. The normalized spacial score (nSPS) is 12.1. The van der Waals surface area contributed by atoms with Crippen molar-refractivity contribution in [1.82, 2.24) is 20.3 Å². The minimum absolute atomic E-state index is 0.105. The van der Waals surface area contributed by atoms with Crippen LogP contribution in [0.15, 0.2) is 30.5 Å². The summed E-state index contributed by atoms with van der Waals surface area (Å²) in [7, 11) is 0. The van der Waals surface area contributed by atoms with Crippen LogP contribution in [-0.4, -0.2) is 20.9 Å². The van der Waals surface area contributed by atoms with Gasteiger partial charge in [-0.1, -0.05) is 41.9 Å². The van der Waals surface area contributed by atoms with Crippen LogP contribution in [0.25, 0.3) is 0 Å². The van der Waals surface area contributed by atoms with Gasteiger partial charge >= 0.3 is 0 Å². The third kappa shape index (κ3) is 4.27. The molecule has 0 aliphatic carbocycles. The van der Waals surface area contributed by atoms with Crippen LogP contribution in [0.5, 0.6) is 0 Å². The molecule has 0 bridgehead atoms. The van der Waals surface area contributed by atoms with Gasteiger partial charge in [-0.2, -0.15) is 0 Å². The smallest absolute Gasteiger partial charge is 0.242 e. The van der Waals surface area contributed by atoms with Gasteiger partial charge in [0.05, 0.1) is 17.9 Å². The van der Waals surface area contributed by atoms with E-state index < -0.39 is 0 Å². The van der Waals surface area contributed by atoms with Crippen LogP contribution >= 0.6 is 11.6 Å². The maximum Gasteiger partial charge on any atom is 0.242 e. The van der Waals surface area contributed by atoms with Gasteiger partial charge in [-0.3, -0.25) is 4.79 Å². The van der Waals surface area contributed by atoms with Crippen molar-refractivity contribution in [3.05, 3.63) is 46.7 Å². The second-order valence-electron chi connectivity index (χ2n) is 4.72. The van der Waals surface area contributed by atoms with Gasteiger partial charge in [0.15, 0.2) is 0 Å². The Morgan fingerprint density at radius 1 is 1.48 bits per heavy atom. The standard InChI is InChI=1S/C14H18ClN5O/c1-2-12(16)13-8-20(19-18-13)9-14(21)17-7-10-5-3-4-6-11(10)15/h3-6,8,12H,2,7,9,16H2,1H3,(H,17,21). The molecule has 6 nitrogen and oxygen atoms in total. The minimum Gasteiger partial charge on any atom is -0.350 e. The maximum absolute atomic E-state index is 11.9. The van der Waals surface area contributed by atoms with Gasteiger partial charge < -0.3 is 11.1 Å². The third-order valence-electron chi connectivity index (χ3n) is 3.12. The zero-order chi connectivity index (χ0) is 15.2. The van der Waals surface area contributed by atoms with Gasteiger partial charge in [-0.15, -0.1) is 5.10 Å². The number of nitrogens with zero attached hydrogens (tertiary/aromatic N) is 3. The lowest BCUT2D eigenvalue weighted by molar-refractivity contribution is -0.122. The fraction of sp³-hybridized carbons (Fsp3) is 0.357. The molecular formula is C14H18ClN5O. The first-order valence-corrected chi connectivity index (χ1v) is 7.13. The Kier molecular flexibility index (Phi) is 5.30. The fourth-order valence-corrected chi connectivity index (χ4v) is 2.01. The third-order valence-corrected chi connectivity index (χ3v) is 3.48. The summed E-state index contributed by atoms with van der Waals surface area (Å²) in [4.78, 5) is 11.9. The van der Waals surface area contributed by atoms with Crippen molar-refractivity contribution >= 4 is 17.5 Å². The largest absolute Gasteiger partial charge is 0.350 e. The minimum atomic E-state index is -0.156. The molecule has 1 amide bonds. The number of hydrogen-bond donors (Lipinski definition) is 2. The summed E-state index contributed by atoms with van der Waals surface area (Å²) in [5, 5.41) is 11.3. The molecule has 2 aromatic rings. The highest BCUT2D eigenvalue weighted by Gasteiger charge is 2.10. The predicted molar refractivity (Wildman–Crippen MR) is 80.5 cm³/mol. The summed E-state index contributed by atoms with van der Waals surface area (Å²) >= 11 is 6.03. The summed E-state index contributed by atoms with van der Waals surface area (Å²) in [5.74, 6) is -0.156. The molecular weight excluding hydrogens is 290 g/mol. The van der Waals surface area contributed by atoms with E-state index in [1.807, 2.05) is 25.1 Å². The molecule has 1 aromatic carbocycles. The Morgan fingerprint density at radius 2 is 2.24 bits per heavy atom. The van der Waals surface area contributed by atoms with Crippen molar-refractivity contribution in [3.63, 3.8) is 0 Å². The topological polar surface area (TPSA) is 85.8 Å². The average Bonchev–Trinajstić information content (AvgIpc) is 2.94. The van der Waals surface area contributed by atoms with Gasteiger partial charge in [0.2, 0.25) is 5.91 Å². The van der Waals surface area contributed by atoms with E-state index >= 15 is 0 Å².